The molecule has 0 rings (SSSR count). The van der Waals surface area contributed by atoms with Crippen LogP contribution in [0.3, 0.4) is 0 Å². The van der Waals surface area contributed by atoms with Gasteiger partial charge in [0.05, 0.1) is 0 Å². The molecule has 0 aliphatic carbocycles. The smallest absolute Gasteiger partial charge is 0.306 e. The third-order valence-electron chi connectivity index (χ3n) is 13.1. The Morgan fingerprint density at radius 3 is 0.866 bits per heavy atom. The highest BCUT2D eigenvalue weighted by Crippen LogP contribution is 2.16. The van der Waals surface area contributed by atoms with Gasteiger partial charge in [-0.15, -0.1) is 0 Å². The maximum Gasteiger partial charge on any atom is 0.306 e. The first-order valence-electron chi connectivity index (χ1n) is 29.5. The Morgan fingerprint density at radius 1 is 0.299 bits per heavy atom. The molecule has 0 aromatic rings. The van der Waals surface area contributed by atoms with Gasteiger partial charge in [0.15, 0.2) is 6.10 Å². The van der Waals surface area contributed by atoms with Crippen molar-refractivity contribution in [2.75, 3.05) is 13.2 Å². The second-order valence-electron chi connectivity index (χ2n) is 19.9. The molecule has 0 aromatic carbocycles. The molecule has 0 aliphatic rings. The van der Waals surface area contributed by atoms with Gasteiger partial charge in [-0.2, -0.15) is 0 Å². The van der Waals surface area contributed by atoms with Gasteiger partial charge in [-0.25, -0.2) is 0 Å². The minimum Gasteiger partial charge on any atom is -0.462 e. The lowest BCUT2D eigenvalue weighted by Crippen LogP contribution is -2.30. The van der Waals surface area contributed by atoms with E-state index in [1.807, 2.05) is 0 Å². The summed E-state index contributed by atoms with van der Waals surface area (Å²) in [6.07, 6.45) is 67.0. The van der Waals surface area contributed by atoms with E-state index in [-0.39, 0.29) is 31.1 Å². The first kappa shape index (κ1) is 64.6. The van der Waals surface area contributed by atoms with Gasteiger partial charge < -0.3 is 14.2 Å². The molecule has 0 aromatic heterocycles. The SMILES string of the molecule is CCCCC/C=C\C/C=C\CCCCCCCCCC(=O)O[C@H](COC(=O)CCCCCCCCCCC/C=C\CCCCCCCC)COC(=O)CCCCCCCCCCCCCCC. The van der Waals surface area contributed by atoms with E-state index < -0.39 is 6.10 Å². The number of rotatable bonds is 54. The zero-order valence-electron chi connectivity index (χ0n) is 44.9. The van der Waals surface area contributed by atoms with Crippen molar-refractivity contribution >= 4 is 17.9 Å². The van der Waals surface area contributed by atoms with Crippen molar-refractivity contribution in [3.05, 3.63) is 36.5 Å². The fourth-order valence-electron chi connectivity index (χ4n) is 8.65. The lowest BCUT2D eigenvalue weighted by atomic mass is 10.0. The molecule has 0 N–H and O–H groups in total. The van der Waals surface area contributed by atoms with E-state index in [1.54, 1.807) is 0 Å². The summed E-state index contributed by atoms with van der Waals surface area (Å²) in [5.41, 5.74) is 0. The highest BCUT2D eigenvalue weighted by molar-refractivity contribution is 5.71. The summed E-state index contributed by atoms with van der Waals surface area (Å²) >= 11 is 0. The normalized spacial score (nSPS) is 12.2. The lowest BCUT2D eigenvalue weighted by Gasteiger charge is -2.18. The maximum absolute atomic E-state index is 12.9. The number of ether oxygens (including phenoxy) is 3. The number of hydrogen-bond acceptors (Lipinski definition) is 6. The van der Waals surface area contributed by atoms with E-state index in [2.05, 4.69) is 57.2 Å². The van der Waals surface area contributed by atoms with Crippen molar-refractivity contribution in [3.8, 4) is 0 Å². The molecular weight excluding hydrogens is 829 g/mol. The molecular formula is C61H112O6. The van der Waals surface area contributed by atoms with Crippen LogP contribution in [0.15, 0.2) is 36.5 Å². The van der Waals surface area contributed by atoms with E-state index in [0.717, 1.165) is 70.6 Å². The zero-order valence-corrected chi connectivity index (χ0v) is 44.9. The first-order valence-corrected chi connectivity index (χ1v) is 29.5. The number of esters is 3. The van der Waals surface area contributed by atoms with Crippen molar-refractivity contribution < 1.29 is 28.6 Å². The molecule has 0 heterocycles. The van der Waals surface area contributed by atoms with Crippen LogP contribution in [0.4, 0.5) is 0 Å². The number of carbonyl (C=O) groups is 3. The second kappa shape index (κ2) is 56.2. The third-order valence-corrected chi connectivity index (χ3v) is 13.1. The average molecular weight is 942 g/mol. The van der Waals surface area contributed by atoms with Crippen molar-refractivity contribution in [2.45, 2.75) is 322 Å². The van der Waals surface area contributed by atoms with Gasteiger partial charge in [0.25, 0.3) is 0 Å². The van der Waals surface area contributed by atoms with Gasteiger partial charge in [0, 0.05) is 19.3 Å². The summed E-state index contributed by atoms with van der Waals surface area (Å²) in [5, 5.41) is 0. The average Bonchev–Trinajstić information content (AvgIpc) is 3.33. The Labute approximate surface area is 416 Å². The summed E-state index contributed by atoms with van der Waals surface area (Å²) in [4.78, 5) is 38.2. The molecule has 6 heteroatoms. The molecule has 0 radical (unpaired) electrons. The Balaban J connectivity index is 4.33. The van der Waals surface area contributed by atoms with E-state index >= 15 is 0 Å². The zero-order chi connectivity index (χ0) is 48.6. The topological polar surface area (TPSA) is 78.9 Å². The summed E-state index contributed by atoms with van der Waals surface area (Å²) in [5.74, 6) is -0.864. The van der Waals surface area contributed by atoms with Crippen LogP contribution in [0.1, 0.15) is 316 Å². The van der Waals surface area contributed by atoms with Gasteiger partial charge in [0.1, 0.15) is 13.2 Å². The summed E-state index contributed by atoms with van der Waals surface area (Å²) in [6.45, 7) is 6.64. The molecule has 0 amide bonds. The van der Waals surface area contributed by atoms with Gasteiger partial charge in [-0.05, 0) is 77.0 Å². The third kappa shape index (κ3) is 54.4. The number of unbranched alkanes of at least 4 members (excludes halogenated alkanes) is 37. The molecule has 1 atom stereocenters. The quantitative estimate of drug-likeness (QED) is 0.0262. The molecule has 0 saturated carbocycles. The predicted molar refractivity (Wildman–Crippen MR) is 289 cm³/mol. The van der Waals surface area contributed by atoms with Crippen LogP contribution >= 0.6 is 0 Å². The number of hydrogen-bond donors (Lipinski definition) is 0. The molecule has 0 fully saturated rings. The van der Waals surface area contributed by atoms with Crippen LogP contribution in [0.2, 0.25) is 0 Å². The molecule has 6 nitrogen and oxygen atoms in total. The van der Waals surface area contributed by atoms with Crippen LogP contribution < -0.4 is 0 Å². The van der Waals surface area contributed by atoms with Gasteiger partial charge in [-0.3, -0.25) is 14.4 Å². The van der Waals surface area contributed by atoms with Crippen molar-refractivity contribution in [1.82, 2.24) is 0 Å². The molecule has 0 spiro atoms. The fourth-order valence-corrected chi connectivity index (χ4v) is 8.65. The van der Waals surface area contributed by atoms with Crippen LogP contribution in [0, 0.1) is 0 Å². The van der Waals surface area contributed by atoms with Crippen molar-refractivity contribution in [1.29, 1.82) is 0 Å². The summed E-state index contributed by atoms with van der Waals surface area (Å²) in [6, 6.07) is 0. The molecule has 0 bridgehead atoms. The van der Waals surface area contributed by atoms with Crippen molar-refractivity contribution in [3.63, 3.8) is 0 Å². The minimum atomic E-state index is -0.774. The summed E-state index contributed by atoms with van der Waals surface area (Å²) in [7, 11) is 0. The van der Waals surface area contributed by atoms with Crippen LogP contribution in [-0.2, 0) is 28.6 Å². The summed E-state index contributed by atoms with van der Waals surface area (Å²) < 4.78 is 16.9. The lowest BCUT2D eigenvalue weighted by molar-refractivity contribution is -0.167. The standard InChI is InChI=1S/C61H112O6/c1-4-7-10-13-16-19-22-25-27-29-30-32-33-36-39-42-45-48-51-54-60(63)66-57-58(56-65-59(62)53-50-47-44-41-38-35-24-21-18-15-12-9-6-3)67-61(64)55-52-49-46-43-40-37-34-31-28-26-23-20-17-14-11-8-5-2/h17,20,25-28,58H,4-16,18-19,21-24,29-57H2,1-3H3/b20-17-,27-25-,28-26-/t58-/m0/s1. The Bertz CT molecular complexity index is 1130. The Kier molecular flexibility index (Phi) is 54.2. The molecule has 0 saturated heterocycles. The number of allylic oxidation sites excluding steroid dienone is 6. The van der Waals surface area contributed by atoms with E-state index in [1.165, 1.54) is 205 Å². The second-order valence-corrected chi connectivity index (χ2v) is 19.9. The molecule has 0 aliphatic heterocycles. The highest BCUT2D eigenvalue weighted by atomic mass is 16.6. The van der Waals surface area contributed by atoms with E-state index in [4.69, 9.17) is 14.2 Å². The predicted octanol–water partition coefficient (Wildman–Crippen LogP) is 19.7. The monoisotopic (exact) mass is 941 g/mol. The fraction of sp³-hybridized carbons (Fsp3) is 0.852. The largest absolute Gasteiger partial charge is 0.462 e. The van der Waals surface area contributed by atoms with Crippen LogP contribution in [0.25, 0.3) is 0 Å². The van der Waals surface area contributed by atoms with Gasteiger partial charge in [-0.1, -0.05) is 256 Å². The Morgan fingerprint density at radius 2 is 0.537 bits per heavy atom. The first-order chi connectivity index (χ1) is 33.0. The van der Waals surface area contributed by atoms with Gasteiger partial charge >= 0.3 is 17.9 Å². The van der Waals surface area contributed by atoms with Crippen LogP contribution in [0.5, 0.6) is 0 Å². The maximum atomic E-state index is 12.9. The highest BCUT2D eigenvalue weighted by Gasteiger charge is 2.19. The van der Waals surface area contributed by atoms with E-state index in [0.29, 0.717) is 19.3 Å². The number of carbonyl (C=O) groups excluding carboxylic acids is 3. The minimum absolute atomic E-state index is 0.0722. The van der Waals surface area contributed by atoms with E-state index in [9.17, 15) is 14.4 Å². The Hall–Kier alpha value is -2.37. The van der Waals surface area contributed by atoms with Crippen LogP contribution in [-0.4, -0.2) is 37.2 Å². The van der Waals surface area contributed by atoms with Crippen molar-refractivity contribution in [2.24, 2.45) is 0 Å². The molecule has 0 unspecified atom stereocenters. The molecule has 67 heavy (non-hydrogen) atoms. The molecule has 392 valence electrons. The van der Waals surface area contributed by atoms with Gasteiger partial charge in [0.2, 0.25) is 0 Å².